The second-order valence-corrected chi connectivity index (χ2v) is 9.95. The highest BCUT2D eigenvalue weighted by molar-refractivity contribution is 9.10. The number of hydrogen-bond acceptors (Lipinski definition) is 4. The first-order chi connectivity index (χ1) is 14.6. The fourth-order valence-electron chi connectivity index (χ4n) is 4.22. The normalized spacial score (nSPS) is 19.8. The van der Waals surface area contributed by atoms with E-state index in [0.29, 0.717) is 44.6 Å². The molecule has 0 aliphatic carbocycles. The van der Waals surface area contributed by atoms with Crippen LogP contribution in [0.4, 0.5) is 0 Å². The van der Waals surface area contributed by atoms with Gasteiger partial charge in [0.05, 0.1) is 12.6 Å². The van der Waals surface area contributed by atoms with E-state index in [1.54, 1.807) is 11.3 Å². The standard InChI is InChI=1S/C23H27BrN2O3S/c24-19-7-5-17(6-8-19)22(27)25-11-9-18(10-12-25)23(28)26(15-20-3-1-13-29-20)16-21-4-2-14-30-21/h2,4-8,14,18,20H,1,3,9-13,15-16H2. The molecule has 2 fully saturated rings. The Kier molecular flexibility index (Phi) is 7.23. The summed E-state index contributed by atoms with van der Waals surface area (Å²) in [5, 5.41) is 2.05. The van der Waals surface area contributed by atoms with E-state index in [4.69, 9.17) is 4.74 Å². The van der Waals surface area contributed by atoms with Gasteiger partial charge >= 0.3 is 0 Å². The number of carbonyl (C=O) groups excluding carboxylic acids is 2. The zero-order valence-electron chi connectivity index (χ0n) is 17.0. The quantitative estimate of drug-likeness (QED) is 0.595. The van der Waals surface area contributed by atoms with Crippen molar-refractivity contribution in [2.24, 2.45) is 5.92 Å². The summed E-state index contributed by atoms with van der Waals surface area (Å²) >= 11 is 5.09. The molecule has 0 saturated carbocycles. The van der Waals surface area contributed by atoms with Crippen LogP contribution >= 0.6 is 27.3 Å². The molecular weight excluding hydrogens is 464 g/mol. The molecule has 0 bridgehead atoms. The molecule has 7 heteroatoms. The lowest BCUT2D eigenvalue weighted by molar-refractivity contribution is -0.139. The molecule has 2 saturated heterocycles. The first-order valence-corrected chi connectivity index (χ1v) is 12.2. The van der Waals surface area contributed by atoms with Gasteiger partial charge in [0.25, 0.3) is 5.91 Å². The average molecular weight is 491 g/mol. The smallest absolute Gasteiger partial charge is 0.253 e. The SMILES string of the molecule is O=C(c1ccc(Br)cc1)N1CCC(C(=O)N(Cc2cccs2)CC2CCCO2)CC1. The Morgan fingerprint density at radius 2 is 1.90 bits per heavy atom. The minimum absolute atomic E-state index is 0.0275. The van der Waals surface area contributed by atoms with Gasteiger partial charge in [-0.2, -0.15) is 0 Å². The second-order valence-electron chi connectivity index (χ2n) is 8.01. The number of amides is 2. The maximum Gasteiger partial charge on any atom is 0.253 e. The highest BCUT2D eigenvalue weighted by Crippen LogP contribution is 2.25. The summed E-state index contributed by atoms with van der Waals surface area (Å²) < 4.78 is 6.76. The highest BCUT2D eigenvalue weighted by Gasteiger charge is 2.32. The molecule has 2 amide bonds. The Balaban J connectivity index is 1.36. The van der Waals surface area contributed by atoms with Crippen LogP contribution in [0.3, 0.4) is 0 Å². The second kappa shape index (κ2) is 10.1. The third kappa shape index (κ3) is 5.31. The van der Waals surface area contributed by atoms with Crippen molar-refractivity contribution in [1.82, 2.24) is 9.80 Å². The first kappa shape index (κ1) is 21.5. The predicted molar refractivity (Wildman–Crippen MR) is 121 cm³/mol. The fraction of sp³-hybridized carbons (Fsp3) is 0.478. The number of nitrogens with zero attached hydrogens (tertiary/aromatic N) is 2. The number of likely N-dealkylation sites (tertiary alicyclic amines) is 1. The minimum Gasteiger partial charge on any atom is -0.376 e. The molecule has 1 aromatic carbocycles. The number of ether oxygens (including phenoxy) is 1. The van der Waals surface area contributed by atoms with Crippen LogP contribution in [0.5, 0.6) is 0 Å². The van der Waals surface area contributed by atoms with Crippen molar-refractivity contribution in [3.8, 4) is 0 Å². The van der Waals surface area contributed by atoms with Crippen molar-refractivity contribution in [3.63, 3.8) is 0 Å². The van der Waals surface area contributed by atoms with Crippen LogP contribution < -0.4 is 0 Å². The summed E-state index contributed by atoms with van der Waals surface area (Å²) in [6.45, 7) is 3.35. The lowest BCUT2D eigenvalue weighted by Crippen LogP contribution is -2.45. The average Bonchev–Trinajstić information content (AvgIpc) is 3.47. The van der Waals surface area contributed by atoms with Crippen molar-refractivity contribution >= 4 is 39.1 Å². The van der Waals surface area contributed by atoms with E-state index >= 15 is 0 Å². The first-order valence-electron chi connectivity index (χ1n) is 10.6. The van der Waals surface area contributed by atoms with Crippen LogP contribution in [-0.4, -0.2) is 54.0 Å². The van der Waals surface area contributed by atoms with Gasteiger partial charge in [-0.25, -0.2) is 0 Å². The number of thiophene rings is 1. The number of carbonyl (C=O) groups is 2. The lowest BCUT2D eigenvalue weighted by Gasteiger charge is -2.35. The van der Waals surface area contributed by atoms with E-state index in [-0.39, 0.29) is 23.8 Å². The van der Waals surface area contributed by atoms with E-state index in [2.05, 4.69) is 27.4 Å². The summed E-state index contributed by atoms with van der Waals surface area (Å²) in [5.74, 6) is 0.221. The van der Waals surface area contributed by atoms with Crippen LogP contribution in [0, 0.1) is 5.92 Å². The number of hydrogen-bond donors (Lipinski definition) is 0. The molecule has 2 aliphatic heterocycles. The Labute approximate surface area is 190 Å². The molecular formula is C23H27BrN2O3S. The van der Waals surface area contributed by atoms with Crippen LogP contribution in [0.25, 0.3) is 0 Å². The molecule has 5 nitrogen and oxygen atoms in total. The van der Waals surface area contributed by atoms with Crippen LogP contribution in [0.15, 0.2) is 46.3 Å². The van der Waals surface area contributed by atoms with Crippen molar-refractivity contribution in [3.05, 3.63) is 56.7 Å². The topological polar surface area (TPSA) is 49.9 Å². The summed E-state index contributed by atoms with van der Waals surface area (Å²) in [6.07, 6.45) is 3.67. The predicted octanol–water partition coefficient (Wildman–Crippen LogP) is 4.57. The van der Waals surface area contributed by atoms with Crippen molar-refractivity contribution in [1.29, 1.82) is 0 Å². The van der Waals surface area contributed by atoms with E-state index in [9.17, 15) is 9.59 Å². The molecule has 1 unspecified atom stereocenters. The van der Waals surface area contributed by atoms with Gasteiger partial charge in [-0.1, -0.05) is 22.0 Å². The molecule has 1 atom stereocenters. The maximum atomic E-state index is 13.4. The summed E-state index contributed by atoms with van der Waals surface area (Å²) in [6, 6.07) is 11.6. The van der Waals surface area contributed by atoms with Crippen LogP contribution in [0.2, 0.25) is 0 Å². The Morgan fingerprint density at radius 3 is 2.53 bits per heavy atom. The van der Waals surface area contributed by atoms with Gasteiger partial charge in [-0.3, -0.25) is 9.59 Å². The molecule has 3 heterocycles. The lowest BCUT2D eigenvalue weighted by atomic mass is 9.94. The molecule has 0 N–H and O–H groups in total. The van der Waals surface area contributed by atoms with Gasteiger partial charge in [-0.15, -0.1) is 11.3 Å². The van der Waals surface area contributed by atoms with Crippen LogP contribution in [-0.2, 0) is 16.1 Å². The van der Waals surface area contributed by atoms with E-state index < -0.39 is 0 Å². The van der Waals surface area contributed by atoms with Gasteiger partial charge in [-0.05, 0) is 61.4 Å². The van der Waals surface area contributed by atoms with Gasteiger partial charge in [0.1, 0.15) is 0 Å². The van der Waals surface area contributed by atoms with Crippen molar-refractivity contribution in [2.45, 2.75) is 38.3 Å². The van der Waals surface area contributed by atoms with E-state index in [0.717, 1.165) is 23.9 Å². The number of halogens is 1. The summed E-state index contributed by atoms with van der Waals surface area (Å²) in [5.41, 5.74) is 0.695. The Bertz CT molecular complexity index is 842. The van der Waals surface area contributed by atoms with Crippen LogP contribution in [0.1, 0.15) is 40.9 Å². The molecule has 0 radical (unpaired) electrons. The summed E-state index contributed by atoms with van der Waals surface area (Å²) in [4.78, 5) is 31.2. The van der Waals surface area contributed by atoms with Gasteiger partial charge in [0, 0.05) is 47.1 Å². The van der Waals surface area contributed by atoms with E-state index in [1.807, 2.05) is 40.1 Å². The van der Waals surface area contributed by atoms with Gasteiger partial charge in [0.2, 0.25) is 5.91 Å². The fourth-order valence-corrected chi connectivity index (χ4v) is 5.20. The maximum absolute atomic E-state index is 13.4. The third-order valence-electron chi connectivity index (χ3n) is 5.91. The van der Waals surface area contributed by atoms with Gasteiger partial charge < -0.3 is 14.5 Å². The number of benzene rings is 1. The largest absolute Gasteiger partial charge is 0.376 e. The molecule has 4 rings (SSSR count). The summed E-state index contributed by atoms with van der Waals surface area (Å²) in [7, 11) is 0. The number of piperidine rings is 1. The molecule has 2 aromatic rings. The Hall–Kier alpha value is -1.70. The molecule has 160 valence electrons. The monoisotopic (exact) mass is 490 g/mol. The van der Waals surface area contributed by atoms with Crippen molar-refractivity contribution in [2.75, 3.05) is 26.2 Å². The Morgan fingerprint density at radius 1 is 1.13 bits per heavy atom. The molecule has 30 heavy (non-hydrogen) atoms. The molecule has 2 aliphatic rings. The third-order valence-corrected chi connectivity index (χ3v) is 7.30. The van der Waals surface area contributed by atoms with Crippen molar-refractivity contribution < 1.29 is 14.3 Å². The zero-order chi connectivity index (χ0) is 20.9. The molecule has 0 spiro atoms. The zero-order valence-corrected chi connectivity index (χ0v) is 19.4. The van der Waals surface area contributed by atoms with Gasteiger partial charge in [0.15, 0.2) is 0 Å². The molecule has 1 aromatic heterocycles. The van der Waals surface area contributed by atoms with E-state index in [1.165, 1.54) is 4.88 Å². The highest BCUT2D eigenvalue weighted by atomic mass is 79.9. The number of rotatable bonds is 6. The minimum atomic E-state index is -0.0275.